The third kappa shape index (κ3) is 2.43. The zero-order chi connectivity index (χ0) is 15.8. The van der Waals surface area contributed by atoms with Crippen molar-refractivity contribution < 1.29 is 9.47 Å². The molecule has 3 nitrogen and oxygen atoms in total. The lowest BCUT2D eigenvalue weighted by molar-refractivity contribution is 0.150. The first-order valence-corrected chi connectivity index (χ1v) is 7.84. The van der Waals surface area contributed by atoms with Gasteiger partial charge in [-0.05, 0) is 41.5 Å². The summed E-state index contributed by atoms with van der Waals surface area (Å²) in [4.78, 5) is 0. The molecule has 0 bridgehead atoms. The molecule has 0 amide bonds. The molecular formula is C20H19NO2. The van der Waals surface area contributed by atoms with Crippen LogP contribution in [0.5, 0.6) is 11.5 Å². The smallest absolute Gasteiger partial charge is 0.148 e. The third-order valence-electron chi connectivity index (χ3n) is 4.37. The minimum absolute atomic E-state index is 0.0317. The molecule has 0 fully saturated rings. The summed E-state index contributed by atoms with van der Waals surface area (Å²) >= 11 is 0. The topological polar surface area (TPSA) is 30.5 Å². The minimum atomic E-state index is -0.0317. The molecule has 116 valence electrons. The van der Waals surface area contributed by atoms with Gasteiger partial charge in [-0.1, -0.05) is 42.5 Å². The zero-order valence-corrected chi connectivity index (χ0v) is 13.2. The number of nitrogens with one attached hydrogen (secondary N) is 1. The van der Waals surface area contributed by atoms with Crippen LogP contribution in [0.25, 0.3) is 10.8 Å². The van der Waals surface area contributed by atoms with Gasteiger partial charge < -0.3 is 9.47 Å². The van der Waals surface area contributed by atoms with Crippen molar-refractivity contribution in [2.24, 2.45) is 0 Å². The molecule has 0 unspecified atom stereocenters. The van der Waals surface area contributed by atoms with Gasteiger partial charge in [0.15, 0.2) is 0 Å². The summed E-state index contributed by atoms with van der Waals surface area (Å²) in [5.74, 6) is 1.82. The van der Waals surface area contributed by atoms with E-state index in [2.05, 4.69) is 53.8 Å². The van der Waals surface area contributed by atoms with Crippen LogP contribution < -0.4 is 14.8 Å². The second kappa shape index (κ2) is 5.60. The van der Waals surface area contributed by atoms with Crippen LogP contribution in [0.3, 0.4) is 0 Å². The SMILES string of the molecule is COc1ccc([C@@H]2N[C@@H](C)Oc3ccc4ccccc4c32)cc1. The second-order valence-corrected chi connectivity index (χ2v) is 5.83. The van der Waals surface area contributed by atoms with Crippen molar-refractivity contribution in [3.8, 4) is 11.5 Å². The molecule has 1 heterocycles. The summed E-state index contributed by atoms with van der Waals surface area (Å²) in [7, 11) is 1.69. The van der Waals surface area contributed by atoms with Crippen LogP contribution in [-0.2, 0) is 0 Å². The number of ether oxygens (including phenoxy) is 2. The van der Waals surface area contributed by atoms with E-state index < -0.39 is 0 Å². The second-order valence-electron chi connectivity index (χ2n) is 5.83. The highest BCUT2D eigenvalue weighted by Crippen LogP contribution is 2.39. The summed E-state index contributed by atoms with van der Waals surface area (Å²) < 4.78 is 11.3. The first-order valence-electron chi connectivity index (χ1n) is 7.84. The molecule has 0 aliphatic carbocycles. The van der Waals surface area contributed by atoms with Crippen molar-refractivity contribution >= 4 is 10.8 Å². The molecular weight excluding hydrogens is 286 g/mol. The van der Waals surface area contributed by atoms with Crippen LogP contribution in [0.4, 0.5) is 0 Å². The van der Waals surface area contributed by atoms with Crippen LogP contribution in [0.15, 0.2) is 60.7 Å². The number of benzene rings is 3. The lowest BCUT2D eigenvalue weighted by atomic mass is 9.91. The van der Waals surface area contributed by atoms with Crippen molar-refractivity contribution in [3.05, 3.63) is 71.8 Å². The number of hydrogen-bond acceptors (Lipinski definition) is 3. The van der Waals surface area contributed by atoms with Gasteiger partial charge in [0.1, 0.15) is 17.7 Å². The number of fused-ring (bicyclic) bond motifs is 3. The van der Waals surface area contributed by atoms with Gasteiger partial charge in [-0.25, -0.2) is 0 Å². The van der Waals surface area contributed by atoms with Gasteiger partial charge in [0.25, 0.3) is 0 Å². The summed E-state index contributed by atoms with van der Waals surface area (Å²) in [5.41, 5.74) is 2.41. The number of rotatable bonds is 2. The van der Waals surface area contributed by atoms with Gasteiger partial charge in [0, 0.05) is 5.56 Å². The summed E-state index contributed by atoms with van der Waals surface area (Å²) in [6.45, 7) is 2.04. The van der Waals surface area contributed by atoms with Crippen molar-refractivity contribution in [3.63, 3.8) is 0 Å². The predicted molar refractivity (Wildman–Crippen MR) is 92.0 cm³/mol. The predicted octanol–water partition coefficient (Wildman–Crippen LogP) is 4.27. The molecule has 3 aromatic carbocycles. The standard InChI is InChI=1S/C20H19NO2/c1-13-21-20(15-7-10-16(22-2)11-8-15)19-17-6-4-3-5-14(17)9-12-18(19)23-13/h3-13,20-21H,1-2H3/t13-,20+/m1/s1. The van der Waals surface area contributed by atoms with Crippen LogP contribution in [0.2, 0.25) is 0 Å². The maximum absolute atomic E-state index is 6.00. The van der Waals surface area contributed by atoms with Crippen LogP contribution >= 0.6 is 0 Å². The molecule has 0 saturated carbocycles. The van der Waals surface area contributed by atoms with Crippen molar-refractivity contribution in [2.45, 2.75) is 19.2 Å². The molecule has 0 radical (unpaired) electrons. The highest BCUT2D eigenvalue weighted by Gasteiger charge is 2.28. The Hall–Kier alpha value is -2.52. The Morgan fingerprint density at radius 3 is 2.52 bits per heavy atom. The van der Waals surface area contributed by atoms with E-state index >= 15 is 0 Å². The maximum Gasteiger partial charge on any atom is 0.148 e. The van der Waals surface area contributed by atoms with E-state index in [0.717, 1.165) is 11.5 Å². The van der Waals surface area contributed by atoms with Crippen LogP contribution in [0, 0.1) is 0 Å². The van der Waals surface area contributed by atoms with Crippen molar-refractivity contribution in [1.29, 1.82) is 0 Å². The van der Waals surface area contributed by atoms with E-state index in [1.54, 1.807) is 7.11 Å². The lowest BCUT2D eigenvalue weighted by Gasteiger charge is -2.33. The average Bonchev–Trinajstić information content (AvgIpc) is 2.60. The fourth-order valence-electron chi connectivity index (χ4n) is 3.28. The van der Waals surface area contributed by atoms with E-state index in [1.807, 2.05) is 19.1 Å². The lowest BCUT2D eigenvalue weighted by Crippen LogP contribution is -2.39. The van der Waals surface area contributed by atoms with E-state index in [0.29, 0.717) is 0 Å². The Morgan fingerprint density at radius 2 is 1.74 bits per heavy atom. The number of hydrogen-bond donors (Lipinski definition) is 1. The highest BCUT2D eigenvalue weighted by atomic mass is 16.5. The van der Waals surface area contributed by atoms with E-state index in [9.17, 15) is 0 Å². The molecule has 3 heteroatoms. The van der Waals surface area contributed by atoms with Crippen molar-refractivity contribution in [2.75, 3.05) is 7.11 Å². The molecule has 0 spiro atoms. The highest BCUT2D eigenvalue weighted by molar-refractivity contribution is 5.89. The van der Waals surface area contributed by atoms with Crippen LogP contribution in [0.1, 0.15) is 24.1 Å². The molecule has 4 rings (SSSR count). The van der Waals surface area contributed by atoms with E-state index in [1.165, 1.54) is 21.9 Å². The minimum Gasteiger partial charge on any atom is -0.497 e. The normalized spacial score (nSPS) is 19.9. The summed E-state index contributed by atoms with van der Waals surface area (Å²) in [6, 6.07) is 21.0. The van der Waals surface area contributed by atoms with E-state index in [-0.39, 0.29) is 12.3 Å². The van der Waals surface area contributed by atoms with Gasteiger partial charge in [-0.2, -0.15) is 0 Å². The Morgan fingerprint density at radius 1 is 0.957 bits per heavy atom. The van der Waals surface area contributed by atoms with Crippen molar-refractivity contribution in [1.82, 2.24) is 5.32 Å². The average molecular weight is 305 g/mol. The Kier molecular flexibility index (Phi) is 3.43. The van der Waals surface area contributed by atoms with Gasteiger partial charge in [0.05, 0.1) is 13.2 Å². The van der Waals surface area contributed by atoms with Gasteiger partial charge in [0.2, 0.25) is 0 Å². The maximum atomic E-state index is 6.00. The molecule has 1 N–H and O–H groups in total. The monoisotopic (exact) mass is 305 g/mol. The summed E-state index contributed by atoms with van der Waals surface area (Å²) in [5, 5.41) is 6.01. The first kappa shape index (κ1) is 14.1. The fraction of sp³-hybridized carbons (Fsp3) is 0.200. The van der Waals surface area contributed by atoms with Gasteiger partial charge in [-0.3, -0.25) is 5.32 Å². The Bertz CT molecular complexity index is 842. The third-order valence-corrected chi connectivity index (χ3v) is 4.37. The Balaban J connectivity index is 1.90. The molecule has 0 saturated heterocycles. The molecule has 1 aliphatic heterocycles. The molecule has 23 heavy (non-hydrogen) atoms. The molecule has 2 atom stereocenters. The van der Waals surface area contributed by atoms with Crippen LogP contribution in [-0.4, -0.2) is 13.3 Å². The zero-order valence-electron chi connectivity index (χ0n) is 13.2. The molecule has 0 aromatic heterocycles. The largest absolute Gasteiger partial charge is 0.497 e. The van der Waals surface area contributed by atoms with E-state index in [4.69, 9.17) is 9.47 Å². The number of methoxy groups -OCH3 is 1. The van der Waals surface area contributed by atoms with Gasteiger partial charge >= 0.3 is 0 Å². The quantitative estimate of drug-likeness (QED) is 0.767. The first-order chi connectivity index (χ1) is 11.3. The molecule has 1 aliphatic rings. The summed E-state index contributed by atoms with van der Waals surface area (Å²) in [6.07, 6.45) is -0.0317. The Labute approximate surface area is 135 Å². The molecule has 3 aromatic rings. The fourth-order valence-corrected chi connectivity index (χ4v) is 3.28. The van der Waals surface area contributed by atoms with Gasteiger partial charge in [-0.15, -0.1) is 0 Å².